The molecule has 0 bridgehead atoms. The van der Waals surface area contributed by atoms with Crippen molar-refractivity contribution in [2.24, 2.45) is 0 Å². The number of rotatable bonds is 3. The first kappa shape index (κ1) is 7.58. The van der Waals surface area contributed by atoms with Gasteiger partial charge in [0.15, 0.2) is 0 Å². The van der Waals surface area contributed by atoms with Crippen LogP contribution in [0.4, 0.5) is 0 Å². The average Bonchev–Trinajstić information content (AvgIpc) is 1.83. The van der Waals surface area contributed by atoms with Crippen LogP contribution in [-0.2, 0) is 0 Å². The Morgan fingerprint density at radius 2 is 2.62 bits per heavy atom. The molecular formula is C6H8NS. The summed E-state index contributed by atoms with van der Waals surface area (Å²) in [4.78, 5) is 0.562. The van der Waals surface area contributed by atoms with E-state index in [0.29, 0.717) is 4.91 Å². The molecule has 1 nitrogen and oxygen atoms in total. The zero-order chi connectivity index (χ0) is 6.41. The standard InChI is InChI=1S/C6H8NS/c1-3-4-8-6(2)5-7/h4H,2-3H2,1H3. The summed E-state index contributed by atoms with van der Waals surface area (Å²) in [6, 6.07) is 1.94. The number of thioether (sulfide) groups is 1. The zero-order valence-electron chi connectivity index (χ0n) is 4.85. The molecule has 2 heteroatoms. The normalized spacial score (nSPS) is 8.00. The molecule has 0 saturated heterocycles. The Morgan fingerprint density at radius 1 is 2.00 bits per heavy atom. The van der Waals surface area contributed by atoms with E-state index in [-0.39, 0.29) is 0 Å². The number of hydrogen-bond acceptors (Lipinski definition) is 2. The van der Waals surface area contributed by atoms with Crippen molar-refractivity contribution in [3.05, 3.63) is 17.2 Å². The molecule has 0 amide bonds. The van der Waals surface area contributed by atoms with Crippen LogP contribution in [0.2, 0.25) is 0 Å². The van der Waals surface area contributed by atoms with Gasteiger partial charge < -0.3 is 0 Å². The molecule has 0 aromatic rings. The van der Waals surface area contributed by atoms with Crippen LogP contribution in [0.5, 0.6) is 0 Å². The number of hydrogen-bond donors (Lipinski definition) is 0. The molecule has 0 aromatic heterocycles. The highest BCUT2D eigenvalue weighted by Gasteiger charge is 1.87. The molecule has 43 valence electrons. The van der Waals surface area contributed by atoms with Gasteiger partial charge in [-0.1, -0.05) is 13.5 Å². The topological polar surface area (TPSA) is 23.8 Å². The first-order valence-corrected chi connectivity index (χ1v) is 3.26. The number of nitrogens with zero attached hydrogens (tertiary/aromatic N) is 1. The van der Waals surface area contributed by atoms with Crippen molar-refractivity contribution >= 4 is 11.8 Å². The van der Waals surface area contributed by atoms with Gasteiger partial charge in [-0.3, -0.25) is 0 Å². The third kappa shape index (κ3) is 3.76. The Labute approximate surface area is 54.4 Å². The molecule has 0 heterocycles. The van der Waals surface area contributed by atoms with Gasteiger partial charge in [0.05, 0.1) is 4.91 Å². The minimum absolute atomic E-state index is 0.562. The Morgan fingerprint density at radius 3 is 3.00 bits per heavy atom. The smallest absolute Gasteiger partial charge is 0.105 e. The van der Waals surface area contributed by atoms with E-state index < -0.39 is 0 Å². The average molecular weight is 126 g/mol. The van der Waals surface area contributed by atoms with Gasteiger partial charge in [0.2, 0.25) is 0 Å². The second kappa shape index (κ2) is 4.73. The summed E-state index contributed by atoms with van der Waals surface area (Å²) in [6.07, 6.45) is 0.978. The summed E-state index contributed by atoms with van der Waals surface area (Å²) in [5.41, 5.74) is 0. The molecule has 0 fully saturated rings. The minimum atomic E-state index is 0.562. The van der Waals surface area contributed by atoms with E-state index >= 15 is 0 Å². The van der Waals surface area contributed by atoms with Crippen LogP contribution in [0.3, 0.4) is 0 Å². The second-order valence-corrected chi connectivity index (χ2v) is 2.29. The fourth-order valence-corrected chi connectivity index (χ4v) is 0.631. The summed E-state index contributed by atoms with van der Waals surface area (Å²) < 4.78 is 0. The Kier molecular flexibility index (Phi) is 4.48. The maximum Gasteiger partial charge on any atom is 0.105 e. The molecule has 0 spiro atoms. The van der Waals surface area contributed by atoms with Crippen molar-refractivity contribution in [1.29, 1.82) is 5.26 Å². The lowest BCUT2D eigenvalue weighted by Gasteiger charge is -1.88. The highest BCUT2D eigenvalue weighted by atomic mass is 32.2. The van der Waals surface area contributed by atoms with Crippen molar-refractivity contribution in [3.63, 3.8) is 0 Å². The summed E-state index contributed by atoms with van der Waals surface area (Å²) in [7, 11) is 0. The highest BCUT2D eigenvalue weighted by Crippen LogP contribution is 2.16. The van der Waals surface area contributed by atoms with Gasteiger partial charge in [0, 0.05) is 5.75 Å². The molecule has 0 atom stereocenters. The zero-order valence-corrected chi connectivity index (χ0v) is 5.66. The first-order chi connectivity index (χ1) is 3.81. The first-order valence-electron chi connectivity index (χ1n) is 2.38. The highest BCUT2D eigenvalue weighted by molar-refractivity contribution is 8.05. The van der Waals surface area contributed by atoms with Crippen molar-refractivity contribution < 1.29 is 0 Å². The third-order valence-electron chi connectivity index (χ3n) is 0.517. The van der Waals surface area contributed by atoms with Crippen molar-refractivity contribution in [2.75, 3.05) is 0 Å². The van der Waals surface area contributed by atoms with Crippen molar-refractivity contribution in [3.8, 4) is 6.07 Å². The molecule has 0 unspecified atom stereocenters. The summed E-state index contributed by atoms with van der Waals surface area (Å²) in [5.74, 6) is 1.95. The summed E-state index contributed by atoms with van der Waals surface area (Å²) >= 11 is 1.40. The van der Waals surface area contributed by atoms with Crippen LogP contribution < -0.4 is 0 Å². The molecule has 0 aliphatic rings. The van der Waals surface area contributed by atoms with E-state index in [1.54, 1.807) is 0 Å². The van der Waals surface area contributed by atoms with Crippen LogP contribution >= 0.6 is 11.8 Å². The lowest BCUT2D eigenvalue weighted by molar-refractivity contribution is 1.20. The van der Waals surface area contributed by atoms with Crippen molar-refractivity contribution in [2.45, 2.75) is 13.3 Å². The second-order valence-electron chi connectivity index (χ2n) is 1.23. The molecule has 1 radical (unpaired) electrons. The van der Waals surface area contributed by atoms with Crippen LogP contribution in [0, 0.1) is 17.1 Å². The monoisotopic (exact) mass is 126 g/mol. The van der Waals surface area contributed by atoms with Gasteiger partial charge in [0.25, 0.3) is 0 Å². The van der Waals surface area contributed by atoms with Gasteiger partial charge in [-0.2, -0.15) is 5.26 Å². The van der Waals surface area contributed by atoms with E-state index in [9.17, 15) is 0 Å². The molecule has 0 saturated carbocycles. The molecule has 0 N–H and O–H groups in total. The van der Waals surface area contributed by atoms with E-state index in [2.05, 4.69) is 6.58 Å². The molecule has 0 rings (SSSR count). The van der Waals surface area contributed by atoms with Gasteiger partial charge in [-0.15, -0.1) is 11.8 Å². The summed E-state index contributed by atoms with van der Waals surface area (Å²) in [5, 5.41) is 8.17. The Hall–Kier alpha value is -0.420. The lowest BCUT2D eigenvalue weighted by atomic mass is 10.6. The predicted octanol–water partition coefficient (Wildman–Crippen LogP) is 2.33. The van der Waals surface area contributed by atoms with Crippen LogP contribution in [0.1, 0.15) is 13.3 Å². The van der Waals surface area contributed by atoms with Crippen LogP contribution in [0.15, 0.2) is 11.5 Å². The molecule has 0 aromatic carbocycles. The lowest BCUT2D eigenvalue weighted by Crippen LogP contribution is -1.65. The number of allylic oxidation sites excluding steroid dienone is 1. The maximum absolute atomic E-state index is 8.17. The van der Waals surface area contributed by atoms with Crippen LogP contribution in [0.25, 0.3) is 0 Å². The molecular weight excluding hydrogens is 118 g/mol. The quantitative estimate of drug-likeness (QED) is 0.542. The van der Waals surface area contributed by atoms with E-state index in [0.717, 1.165) is 6.42 Å². The fourth-order valence-electron chi connectivity index (χ4n) is 0.210. The predicted molar refractivity (Wildman–Crippen MR) is 36.9 cm³/mol. The van der Waals surface area contributed by atoms with Gasteiger partial charge in [-0.25, -0.2) is 0 Å². The number of nitriles is 1. The summed E-state index contributed by atoms with van der Waals surface area (Å²) in [6.45, 7) is 5.51. The Balaban J connectivity index is 3.16. The molecule has 0 aliphatic heterocycles. The van der Waals surface area contributed by atoms with Gasteiger partial charge >= 0.3 is 0 Å². The fraction of sp³-hybridized carbons (Fsp3) is 0.333. The molecule has 0 aliphatic carbocycles. The Bertz CT molecular complexity index is 112. The van der Waals surface area contributed by atoms with E-state index in [1.165, 1.54) is 11.8 Å². The van der Waals surface area contributed by atoms with Crippen molar-refractivity contribution in [1.82, 2.24) is 0 Å². The van der Waals surface area contributed by atoms with Gasteiger partial charge in [0.1, 0.15) is 6.07 Å². The third-order valence-corrected chi connectivity index (χ3v) is 1.39. The van der Waals surface area contributed by atoms with E-state index in [4.69, 9.17) is 5.26 Å². The maximum atomic E-state index is 8.17. The molecule has 8 heavy (non-hydrogen) atoms. The van der Waals surface area contributed by atoms with Crippen LogP contribution in [-0.4, -0.2) is 0 Å². The largest absolute Gasteiger partial charge is 0.192 e. The van der Waals surface area contributed by atoms with E-state index in [1.807, 2.05) is 18.7 Å². The minimum Gasteiger partial charge on any atom is -0.192 e. The SMILES string of the molecule is C=C(C#N)S[CH]CC. The van der Waals surface area contributed by atoms with Gasteiger partial charge in [-0.05, 0) is 6.42 Å².